The molecule has 1 aromatic carbocycles. The number of halogens is 1. The molecule has 0 amide bonds. The van der Waals surface area contributed by atoms with Gasteiger partial charge in [-0.3, -0.25) is 19.3 Å². The SMILES string of the molecule is CCN(CCC12CCC3C(CCC4C3(C)CCC3C(C)C(OC(=O)CC(C)(C)C(=O)O)CCC34C)C1=C(C(C)C)C(=O)C2)Cc1ccccc1Cl. The standard InChI is InChI=1S/C44H64ClNO5/c1-9-46(26-29-12-10-11-13-33(29)45)23-22-44-21-17-32-30(39(44)38(27(2)3)34(47)24-44)14-15-36-42(7)20-18-35(28(4)31(42)16-19-43(32,36)8)51-37(48)25-41(5,6)40(49)50/h10-13,27-28,30-32,35-36H,9,14-26H2,1-8H3,(H,49,50). The topological polar surface area (TPSA) is 83.9 Å². The van der Waals surface area contributed by atoms with Crippen molar-refractivity contribution in [3.63, 3.8) is 0 Å². The first-order valence-corrected chi connectivity index (χ1v) is 20.5. The van der Waals surface area contributed by atoms with E-state index >= 15 is 0 Å². The van der Waals surface area contributed by atoms with Crippen LogP contribution in [0.4, 0.5) is 0 Å². The summed E-state index contributed by atoms with van der Waals surface area (Å²) in [7, 11) is 0. The van der Waals surface area contributed by atoms with Crippen molar-refractivity contribution in [1.82, 2.24) is 4.90 Å². The Bertz CT molecular complexity index is 1550. The van der Waals surface area contributed by atoms with Gasteiger partial charge in [0.1, 0.15) is 6.10 Å². The van der Waals surface area contributed by atoms with E-state index in [9.17, 15) is 19.5 Å². The second kappa shape index (κ2) is 14.2. The van der Waals surface area contributed by atoms with E-state index in [1.54, 1.807) is 19.4 Å². The van der Waals surface area contributed by atoms with E-state index in [-0.39, 0.29) is 46.6 Å². The lowest BCUT2D eigenvalue weighted by atomic mass is 9.38. The largest absolute Gasteiger partial charge is 0.481 e. The first-order chi connectivity index (χ1) is 24.0. The molecular weight excluding hydrogens is 658 g/mol. The summed E-state index contributed by atoms with van der Waals surface area (Å²) >= 11 is 6.58. The van der Waals surface area contributed by atoms with Gasteiger partial charge in [-0.1, -0.05) is 76.9 Å². The van der Waals surface area contributed by atoms with Gasteiger partial charge in [-0.2, -0.15) is 0 Å². The summed E-state index contributed by atoms with van der Waals surface area (Å²) in [6.07, 6.45) is 10.3. The zero-order chi connectivity index (χ0) is 37.1. The van der Waals surface area contributed by atoms with Crippen molar-refractivity contribution in [3.05, 3.63) is 46.0 Å². The van der Waals surface area contributed by atoms with Gasteiger partial charge in [0.05, 0.1) is 11.8 Å². The zero-order valence-electron chi connectivity index (χ0n) is 32.7. The maximum atomic E-state index is 14.0. The quantitative estimate of drug-likeness (QED) is 0.229. The summed E-state index contributed by atoms with van der Waals surface area (Å²) in [5.41, 5.74) is 3.14. The van der Waals surface area contributed by atoms with E-state index in [1.165, 1.54) is 36.8 Å². The molecule has 5 aliphatic rings. The van der Waals surface area contributed by atoms with E-state index in [0.29, 0.717) is 35.9 Å². The highest BCUT2D eigenvalue weighted by Crippen LogP contribution is 2.72. The number of carbonyl (C=O) groups excluding carboxylic acids is 2. The molecule has 0 aromatic heterocycles. The first-order valence-electron chi connectivity index (χ1n) is 20.1. The van der Waals surface area contributed by atoms with Crippen molar-refractivity contribution in [1.29, 1.82) is 0 Å². The number of hydrogen-bond acceptors (Lipinski definition) is 5. The Hall–Kier alpha value is -2.18. The van der Waals surface area contributed by atoms with Crippen molar-refractivity contribution < 1.29 is 24.2 Å². The average molecular weight is 722 g/mol. The van der Waals surface area contributed by atoms with Gasteiger partial charge in [0.2, 0.25) is 0 Å². The molecule has 0 radical (unpaired) electrons. The molecule has 1 aromatic rings. The number of nitrogens with zero attached hydrogens (tertiary/aromatic N) is 1. The number of ether oxygens (including phenoxy) is 1. The third-order valence-electron chi connectivity index (χ3n) is 15.4. The summed E-state index contributed by atoms with van der Waals surface area (Å²) in [6.45, 7) is 20.1. The second-order valence-corrected chi connectivity index (χ2v) is 19.3. The lowest BCUT2D eigenvalue weighted by molar-refractivity contribution is -0.192. The highest BCUT2D eigenvalue weighted by Gasteiger charge is 2.65. The van der Waals surface area contributed by atoms with Crippen molar-refractivity contribution >= 4 is 29.3 Å². The molecule has 4 fully saturated rings. The van der Waals surface area contributed by atoms with Gasteiger partial charge in [0, 0.05) is 23.4 Å². The van der Waals surface area contributed by atoms with E-state index < -0.39 is 11.4 Å². The summed E-state index contributed by atoms with van der Waals surface area (Å²) in [5.74, 6) is 1.70. The number of Topliss-reactive ketones (excluding diaryl/α,β-unsaturated/α-hetero) is 1. The second-order valence-electron chi connectivity index (χ2n) is 18.9. The van der Waals surface area contributed by atoms with Crippen LogP contribution >= 0.6 is 11.6 Å². The van der Waals surface area contributed by atoms with Gasteiger partial charge < -0.3 is 9.84 Å². The number of esters is 1. The van der Waals surface area contributed by atoms with Crippen LogP contribution in [0.25, 0.3) is 0 Å². The highest BCUT2D eigenvalue weighted by atomic mass is 35.5. The molecule has 0 saturated heterocycles. The van der Waals surface area contributed by atoms with Crippen LogP contribution in [0.3, 0.4) is 0 Å². The molecule has 6 nitrogen and oxygen atoms in total. The predicted molar refractivity (Wildman–Crippen MR) is 203 cm³/mol. The van der Waals surface area contributed by atoms with Crippen LogP contribution < -0.4 is 0 Å². The fourth-order valence-corrected chi connectivity index (χ4v) is 12.9. The maximum absolute atomic E-state index is 14.0. The number of carbonyl (C=O) groups is 3. The average Bonchev–Trinajstić information content (AvgIpc) is 3.37. The van der Waals surface area contributed by atoms with Gasteiger partial charge in [-0.05, 0) is 148 Å². The van der Waals surface area contributed by atoms with E-state index in [0.717, 1.165) is 56.8 Å². The Morgan fingerprint density at radius 1 is 1.02 bits per heavy atom. The van der Waals surface area contributed by atoms with E-state index in [4.69, 9.17) is 16.3 Å². The minimum atomic E-state index is -1.13. The fourth-order valence-electron chi connectivity index (χ4n) is 12.7. The van der Waals surface area contributed by atoms with E-state index in [2.05, 4.69) is 58.6 Å². The fraction of sp³-hybridized carbons (Fsp3) is 0.750. The molecule has 5 aliphatic carbocycles. The normalized spacial score (nSPS) is 36.4. The van der Waals surface area contributed by atoms with E-state index in [1.807, 2.05) is 12.1 Å². The first kappa shape index (κ1) is 38.5. The van der Waals surface area contributed by atoms with Crippen molar-refractivity contribution in [2.75, 3.05) is 13.1 Å². The Morgan fingerprint density at radius 2 is 1.69 bits per heavy atom. The number of hydrogen-bond donors (Lipinski definition) is 1. The summed E-state index contributed by atoms with van der Waals surface area (Å²) < 4.78 is 6.07. The number of allylic oxidation sites excluding steroid dienone is 2. The summed E-state index contributed by atoms with van der Waals surface area (Å²) in [6, 6.07) is 8.17. The Kier molecular flexibility index (Phi) is 10.8. The van der Waals surface area contributed by atoms with Crippen LogP contribution in [0.5, 0.6) is 0 Å². The number of fused-ring (bicyclic) bond motifs is 7. The molecular formula is C44H64ClNO5. The lowest BCUT2D eigenvalue weighted by Crippen LogP contribution is -2.60. The number of benzene rings is 1. The molecule has 1 N–H and O–H groups in total. The molecule has 4 saturated carbocycles. The summed E-state index contributed by atoms with van der Waals surface area (Å²) in [5, 5.41) is 10.4. The van der Waals surface area contributed by atoms with Gasteiger partial charge in [0.15, 0.2) is 5.78 Å². The third-order valence-corrected chi connectivity index (χ3v) is 15.8. The Balaban J connectivity index is 1.21. The molecule has 9 unspecified atom stereocenters. The number of carboxylic acids is 1. The van der Waals surface area contributed by atoms with Crippen LogP contribution in [0, 0.1) is 57.2 Å². The zero-order valence-corrected chi connectivity index (χ0v) is 33.4. The minimum Gasteiger partial charge on any atom is -0.481 e. The number of aliphatic carboxylic acids is 1. The Labute approximate surface area is 312 Å². The Morgan fingerprint density at radius 3 is 2.35 bits per heavy atom. The minimum absolute atomic E-state index is 0.0261. The predicted octanol–water partition coefficient (Wildman–Crippen LogP) is 10.2. The number of rotatable bonds is 11. The number of carboxylic acid groups (broad SMARTS) is 1. The molecule has 0 aliphatic heterocycles. The molecule has 0 spiro atoms. The lowest BCUT2D eigenvalue weighted by Gasteiger charge is -2.67. The van der Waals surface area contributed by atoms with Gasteiger partial charge in [-0.15, -0.1) is 0 Å². The van der Waals surface area contributed by atoms with Gasteiger partial charge >= 0.3 is 11.9 Å². The maximum Gasteiger partial charge on any atom is 0.309 e. The summed E-state index contributed by atoms with van der Waals surface area (Å²) in [4.78, 5) is 41.1. The molecule has 282 valence electrons. The van der Waals surface area contributed by atoms with Crippen LogP contribution in [-0.4, -0.2) is 46.9 Å². The molecule has 9 atom stereocenters. The molecule has 51 heavy (non-hydrogen) atoms. The monoisotopic (exact) mass is 721 g/mol. The molecule has 0 bridgehead atoms. The molecule has 7 heteroatoms. The van der Waals surface area contributed by atoms with Crippen molar-refractivity contribution in [2.45, 2.75) is 139 Å². The van der Waals surface area contributed by atoms with Crippen LogP contribution in [-0.2, 0) is 25.7 Å². The highest BCUT2D eigenvalue weighted by molar-refractivity contribution is 6.31. The van der Waals surface area contributed by atoms with Crippen molar-refractivity contribution in [3.8, 4) is 0 Å². The van der Waals surface area contributed by atoms with Crippen LogP contribution in [0.2, 0.25) is 5.02 Å². The molecule has 0 heterocycles. The van der Waals surface area contributed by atoms with Crippen molar-refractivity contribution in [2.24, 2.45) is 57.2 Å². The van der Waals surface area contributed by atoms with Crippen LogP contribution in [0.1, 0.15) is 132 Å². The van der Waals surface area contributed by atoms with Gasteiger partial charge in [-0.25, -0.2) is 0 Å². The van der Waals surface area contributed by atoms with Gasteiger partial charge in [0.25, 0.3) is 0 Å². The smallest absolute Gasteiger partial charge is 0.309 e. The number of ketones is 1. The van der Waals surface area contributed by atoms with Crippen LogP contribution in [0.15, 0.2) is 35.4 Å². The third kappa shape index (κ3) is 6.77. The molecule has 6 rings (SSSR count).